The Balaban J connectivity index is 2.37. The summed E-state index contributed by atoms with van der Waals surface area (Å²) < 4.78 is 0.999. The van der Waals surface area contributed by atoms with Gasteiger partial charge in [0.2, 0.25) is 0 Å². The summed E-state index contributed by atoms with van der Waals surface area (Å²) in [6, 6.07) is 5.47. The minimum absolute atomic E-state index is 0.256. The largest absolute Gasteiger partial charge is 0.294 e. The zero-order chi connectivity index (χ0) is 9.42. The molecular weight excluding hydrogens is 298 g/mol. The number of carbonyl (C=O) groups is 1. The summed E-state index contributed by atoms with van der Waals surface area (Å²) in [6.07, 6.45) is 2.09. The molecule has 0 amide bonds. The van der Waals surface area contributed by atoms with Crippen LogP contribution >= 0.6 is 34.2 Å². The molecule has 0 spiro atoms. The third kappa shape index (κ3) is 2.05. The Morgan fingerprint density at radius 2 is 2.15 bits per heavy atom. The van der Waals surface area contributed by atoms with Gasteiger partial charge in [-0.15, -0.1) is 0 Å². The van der Waals surface area contributed by atoms with Crippen molar-refractivity contribution in [2.24, 2.45) is 5.92 Å². The third-order valence-electron chi connectivity index (χ3n) is 2.14. The van der Waals surface area contributed by atoms with Gasteiger partial charge in [0.1, 0.15) is 0 Å². The first-order valence-corrected chi connectivity index (χ1v) is 5.63. The van der Waals surface area contributed by atoms with Crippen molar-refractivity contribution in [2.75, 3.05) is 0 Å². The number of halogens is 2. The van der Waals surface area contributed by atoms with E-state index in [4.69, 9.17) is 11.6 Å². The smallest absolute Gasteiger partial charge is 0.167 e. The second kappa shape index (κ2) is 3.58. The van der Waals surface area contributed by atoms with E-state index in [9.17, 15) is 4.79 Å². The van der Waals surface area contributed by atoms with Crippen LogP contribution in [0.15, 0.2) is 18.2 Å². The van der Waals surface area contributed by atoms with Crippen molar-refractivity contribution in [2.45, 2.75) is 12.8 Å². The molecule has 0 aliphatic heterocycles. The van der Waals surface area contributed by atoms with Gasteiger partial charge in [0.05, 0.1) is 0 Å². The van der Waals surface area contributed by atoms with Gasteiger partial charge in [-0.05, 0) is 53.6 Å². The summed E-state index contributed by atoms with van der Waals surface area (Å²) in [5.41, 5.74) is 0.788. The van der Waals surface area contributed by atoms with Crippen molar-refractivity contribution in [1.29, 1.82) is 0 Å². The molecule has 1 aliphatic rings. The lowest BCUT2D eigenvalue weighted by Gasteiger charge is -2.02. The van der Waals surface area contributed by atoms with Gasteiger partial charge in [-0.1, -0.05) is 11.6 Å². The number of ketones is 1. The van der Waals surface area contributed by atoms with Gasteiger partial charge < -0.3 is 0 Å². The average molecular weight is 307 g/mol. The maximum absolute atomic E-state index is 11.7. The lowest BCUT2D eigenvalue weighted by molar-refractivity contribution is 0.0967. The lowest BCUT2D eigenvalue weighted by Crippen LogP contribution is -2.03. The fourth-order valence-electron chi connectivity index (χ4n) is 1.25. The maximum Gasteiger partial charge on any atom is 0.167 e. The van der Waals surface area contributed by atoms with Crippen molar-refractivity contribution in [1.82, 2.24) is 0 Å². The maximum atomic E-state index is 11.7. The van der Waals surface area contributed by atoms with Crippen LogP contribution in [-0.2, 0) is 0 Å². The molecule has 0 bridgehead atoms. The van der Waals surface area contributed by atoms with Crippen LogP contribution in [-0.4, -0.2) is 5.78 Å². The molecule has 0 radical (unpaired) electrons. The van der Waals surface area contributed by atoms with Crippen molar-refractivity contribution in [3.05, 3.63) is 32.4 Å². The second-order valence-corrected chi connectivity index (χ2v) is 4.86. The molecule has 68 valence electrons. The van der Waals surface area contributed by atoms with Gasteiger partial charge in [0.15, 0.2) is 5.78 Å². The van der Waals surface area contributed by atoms with Gasteiger partial charge in [0, 0.05) is 20.1 Å². The van der Waals surface area contributed by atoms with Crippen LogP contribution in [0.5, 0.6) is 0 Å². The average Bonchev–Trinajstić information content (AvgIpc) is 2.91. The molecule has 1 aliphatic carbocycles. The molecule has 0 heterocycles. The van der Waals surface area contributed by atoms with Crippen LogP contribution in [0.3, 0.4) is 0 Å². The van der Waals surface area contributed by atoms with Crippen LogP contribution in [0.2, 0.25) is 5.02 Å². The van der Waals surface area contributed by atoms with Gasteiger partial charge in [-0.3, -0.25) is 4.79 Å². The highest BCUT2D eigenvalue weighted by molar-refractivity contribution is 14.1. The summed E-state index contributed by atoms with van der Waals surface area (Å²) in [4.78, 5) is 11.7. The fraction of sp³-hybridized carbons (Fsp3) is 0.300. The summed E-state index contributed by atoms with van der Waals surface area (Å²) >= 11 is 8.00. The van der Waals surface area contributed by atoms with E-state index in [-0.39, 0.29) is 11.7 Å². The number of hydrogen-bond acceptors (Lipinski definition) is 1. The fourth-order valence-corrected chi connectivity index (χ4v) is 2.03. The number of Topliss-reactive ketones (excluding diaryl/α,β-unsaturated/α-hetero) is 1. The van der Waals surface area contributed by atoms with Gasteiger partial charge in [-0.2, -0.15) is 0 Å². The summed E-state index contributed by atoms with van der Waals surface area (Å²) in [6.45, 7) is 0. The Labute approximate surface area is 95.6 Å². The highest BCUT2D eigenvalue weighted by Gasteiger charge is 2.31. The Kier molecular flexibility index (Phi) is 2.60. The molecule has 0 aromatic heterocycles. The van der Waals surface area contributed by atoms with Crippen molar-refractivity contribution < 1.29 is 4.79 Å². The van der Waals surface area contributed by atoms with Crippen LogP contribution < -0.4 is 0 Å². The number of rotatable bonds is 2. The van der Waals surface area contributed by atoms with E-state index in [0.717, 1.165) is 22.0 Å². The Hall–Kier alpha value is -0.0900. The summed E-state index contributed by atoms with van der Waals surface area (Å²) in [5.74, 6) is 0.527. The van der Waals surface area contributed by atoms with Crippen molar-refractivity contribution >= 4 is 40.0 Å². The highest BCUT2D eigenvalue weighted by atomic mass is 127. The molecule has 0 saturated heterocycles. The molecule has 13 heavy (non-hydrogen) atoms. The number of carbonyl (C=O) groups excluding carboxylic acids is 1. The quantitative estimate of drug-likeness (QED) is 0.603. The minimum Gasteiger partial charge on any atom is -0.294 e. The van der Waals surface area contributed by atoms with E-state index in [1.165, 1.54) is 0 Å². The van der Waals surface area contributed by atoms with Crippen LogP contribution in [0.1, 0.15) is 23.2 Å². The van der Waals surface area contributed by atoms with E-state index >= 15 is 0 Å². The molecule has 1 fully saturated rings. The van der Waals surface area contributed by atoms with Crippen LogP contribution in [0.25, 0.3) is 0 Å². The zero-order valence-corrected chi connectivity index (χ0v) is 9.80. The molecular formula is C10H8ClIO. The third-order valence-corrected chi connectivity index (χ3v) is 3.32. The molecule has 0 N–H and O–H groups in total. The predicted octanol–water partition coefficient (Wildman–Crippen LogP) is 3.54. The molecule has 3 heteroatoms. The summed E-state index contributed by atoms with van der Waals surface area (Å²) in [7, 11) is 0. The number of hydrogen-bond donors (Lipinski definition) is 0. The second-order valence-electron chi connectivity index (χ2n) is 3.26. The first-order valence-electron chi connectivity index (χ1n) is 4.18. The lowest BCUT2D eigenvalue weighted by atomic mass is 10.1. The van der Waals surface area contributed by atoms with E-state index in [1.54, 1.807) is 6.07 Å². The molecule has 0 unspecified atom stereocenters. The summed E-state index contributed by atoms with van der Waals surface area (Å²) in [5, 5.41) is 0.643. The Bertz CT molecular complexity index is 358. The van der Waals surface area contributed by atoms with E-state index in [0.29, 0.717) is 5.02 Å². The highest BCUT2D eigenvalue weighted by Crippen LogP contribution is 2.34. The van der Waals surface area contributed by atoms with Crippen molar-refractivity contribution in [3.8, 4) is 0 Å². The molecule has 1 nitrogen and oxygen atoms in total. The van der Waals surface area contributed by atoms with Crippen LogP contribution in [0, 0.1) is 9.49 Å². The first-order chi connectivity index (χ1) is 6.18. The normalized spacial score (nSPS) is 15.8. The van der Waals surface area contributed by atoms with Crippen molar-refractivity contribution in [3.63, 3.8) is 0 Å². The molecule has 1 aromatic rings. The monoisotopic (exact) mass is 306 g/mol. The molecule has 1 aromatic carbocycles. The van der Waals surface area contributed by atoms with Gasteiger partial charge in [-0.25, -0.2) is 0 Å². The molecule has 0 atom stereocenters. The predicted molar refractivity (Wildman–Crippen MR) is 61.2 cm³/mol. The van der Waals surface area contributed by atoms with E-state index in [1.807, 2.05) is 12.1 Å². The van der Waals surface area contributed by atoms with E-state index < -0.39 is 0 Å². The Morgan fingerprint density at radius 3 is 2.77 bits per heavy atom. The number of benzene rings is 1. The van der Waals surface area contributed by atoms with Crippen LogP contribution in [0.4, 0.5) is 0 Å². The Morgan fingerprint density at radius 1 is 1.46 bits per heavy atom. The SMILES string of the molecule is O=C(c1cc(Cl)ccc1I)C1CC1. The van der Waals surface area contributed by atoms with Gasteiger partial charge in [0.25, 0.3) is 0 Å². The molecule has 2 rings (SSSR count). The van der Waals surface area contributed by atoms with E-state index in [2.05, 4.69) is 22.6 Å². The molecule has 1 saturated carbocycles. The van der Waals surface area contributed by atoms with Gasteiger partial charge >= 0.3 is 0 Å². The standard InChI is InChI=1S/C10H8ClIO/c11-7-3-4-9(12)8(5-7)10(13)6-1-2-6/h3-6H,1-2H2. The first kappa shape index (κ1) is 9.46. The minimum atomic E-state index is 0.256. The topological polar surface area (TPSA) is 17.1 Å². The zero-order valence-electron chi connectivity index (χ0n) is 6.89.